The van der Waals surface area contributed by atoms with E-state index >= 15 is 0 Å². The number of pyridine rings is 1. The average molecular weight is 392 g/mol. The fraction of sp³-hybridized carbons (Fsp3) is 0.0952. The minimum Gasteiger partial charge on any atom is -0.497 e. The molecule has 2 aromatic carbocycles. The van der Waals surface area contributed by atoms with Crippen LogP contribution in [0.1, 0.15) is 10.5 Å². The summed E-state index contributed by atoms with van der Waals surface area (Å²) in [5.41, 5.74) is 1.51. The molecule has 3 aromatic rings. The molecule has 29 heavy (non-hydrogen) atoms. The largest absolute Gasteiger partial charge is 0.497 e. The van der Waals surface area contributed by atoms with Crippen molar-refractivity contribution >= 4 is 23.3 Å². The fourth-order valence-electron chi connectivity index (χ4n) is 2.44. The van der Waals surface area contributed by atoms with Gasteiger partial charge in [-0.25, -0.2) is 4.79 Å². The third-order valence-electron chi connectivity index (χ3n) is 3.89. The van der Waals surface area contributed by atoms with Crippen molar-refractivity contribution in [2.75, 3.05) is 24.8 Å². The van der Waals surface area contributed by atoms with E-state index in [1.54, 1.807) is 67.8 Å². The molecule has 0 aliphatic carbocycles. The molecule has 0 aliphatic heterocycles. The van der Waals surface area contributed by atoms with Gasteiger partial charge in [0.15, 0.2) is 0 Å². The molecule has 0 radical (unpaired) electrons. The first-order chi connectivity index (χ1) is 14.1. The van der Waals surface area contributed by atoms with Crippen molar-refractivity contribution in [3.05, 3.63) is 72.6 Å². The highest BCUT2D eigenvalue weighted by Gasteiger charge is 2.07. The molecule has 0 spiro atoms. The number of aromatic nitrogens is 1. The van der Waals surface area contributed by atoms with Crippen LogP contribution in [0.25, 0.3) is 0 Å². The smallest absolute Gasteiger partial charge is 0.323 e. The zero-order chi connectivity index (χ0) is 20.6. The SMILES string of the molecule is CNC(=O)c1cc(Oc2ccc(NC(=O)Nc3ccc(OC)cc3)cc2)ccn1. The van der Waals surface area contributed by atoms with Gasteiger partial charge in [0.1, 0.15) is 22.9 Å². The van der Waals surface area contributed by atoms with Crippen LogP contribution in [0.4, 0.5) is 16.2 Å². The quantitative estimate of drug-likeness (QED) is 0.591. The normalized spacial score (nSPS) is 10.0. The summed E-state index contributed by atoms with van der Waals surface area (Å²) in [6, 6.07) is 16.7. The predicted molar refractivity (Wildman–Crippen MR) is 110 cm³/mol. The molecule has 0 aliphatic rings. The van der Waals surface area contributed by atoms with Gasteiger partial charge in [-0.05, 0) is 54.6 Å². The maximum atomic E-state index is 12.1. The number of amides is 3. The van der Waals surface area contributed by atoms with Crippen LogP contribution in [0.15, 0.2) is 66.9 Å². The van der Waals surface area contributed by atoms with Crippen molar-refractivity contribution in [3.63, 3.8) is 0 Å². The molecule has 3 N–H and O–H groups in total. The van der Waals surface area contributed by atoms with Gasteiger partial charge in [-0.15, -0.1) is 0 Å². The zero-order valence-electron chi connectivity index (χ0n) is 15.9. The van der Waals surface area contributed by atoms with E-state index in [0.717, 1.165) is 0 Å². The second-order valence-corrected chi connectivity index (χ2v) is 5.89. The number of carbonyl (C=O) groups excluding carboxylic acids is 2. The Morgan fingerprint density at radius 2 is 1.41 bits per heavy atom. The van der Waals surface area contributed by atoms with E-state index in [1.807, 2.05) is 0 Å². The minimum absolute atomic E-state index is 0.262. The van der Waals surface area contributed by atoms with Crippen molar-refractivity contribution in [1.82, 2.24) is 10.3 Å². The van der Waals surface area contributed by atoms with Crippen molar-refractivity contribution in [2.24, 2.45) is 0 Å². The number of anilines is 2. The molecule has 1 heterocycles. The Morgan fingerprint density at radius 3 is 1.97 bits per heavy atom. The minimum atomic E-state index is -0.367. The maximum Gasteiger partial charge on any atom is 0.323 e. The van der Waals surface area contributed by atoms with Crippen LogP contribution < -0.4 is 25.4 Å². The lowest BCUT2D eigenvalue weighted by Crippen LogP contribution is -2.19. The summed E-state index contributed by atoms with van der Waals surface area (Å²) >= 11 is 0. The van der Waals surface area contributed by atoms with E-state index in [1.165, 1.54) is 13.2 Å². The molecular weight excluding hydrogens is 372 g/mol. The number of methoxy groups -OCH3 is 1. The molecule has 0 fully saturated rings. The van der Waals surface area contributed by atoms with Crippen LogP contribution in [-0.4, -0.2) is 31.1 Å². The Kier molecular flexibility index (Phi) is 6.26. The first-order valence-corrected chi connectivity index (χ1v) is 8.75. The van der Waals surface area contributed by atoms with Gasteiger partial charge < -0.3 is 25.4 Å². The molecule has 148 valence electrons. The zero-order valence-corrected chi connectivity index (χ0v) is 15.9. The lowest BCUT2D eigenvalue weighted by atomic mass is 10.3. The topological polar surface area (TPSA) is 102 Å². The number of benzene rings is 2. The van der Waals surface area contributed by atoms with Crippen LogP contribution in [0, 0.1) is 0 Å². The second kappa shape index (κ2) is 9.23. The van der Waals surface area contributed by atoms with Gasteiger partial charge in [0, 0.05) is 30.7 Å². The maximum absolute atomic E-state index is 12.1. The Balaban J connectivity index is 1.58. The van der Waals surface area contributed by atoms with Gasteiger partial charge in [-0.1, -0.05) is 0 Å². The Bertz CT molecular complexity index is 988. The van der Waals surface area contributed by atoms with E-state index in [9.17, 15) is 9.59 Å². The molecule has 0 unspecified atom stereocenters. The molecule has 0 atom stereocenters. The third kappa shape index (κ3) is 5.46. The summed E-state index contributed by atoms with van der Waals surface area (Å²) in [7, 11) is 3.12. The number of hydrogen-bond acceptors (Lipinski definition) is 5. The van der Waals surface area contributed by atoms with Crippen LogP contribution in [0.3, 0.4) is 0 Å². The number of carbonyl (C=O) groups is 2. The fourth-order valence-corrected chi connectivity index (χ4v) is 2.44. The highest BCUT2D eigenvalue weighted by Crippen LogP contribution is 2.23. The first kappa shape index (κ1) is 19.7. The molecule has 0 saturated carbocycles. The average Bonchev–Trinajstić information content (AvgIpc) is 2.75. The highest BCUT2D eigenvalue weighted by molar-refractivity contribution is 5.99. The number of ether oxygens (including phenoxy) is 2. The lowest BCUT2D eigenvalue weighted by Gasteiger charge is -2.10. The summed E-state index contributed by atoms with van der Waals surface area (Å²) in [5, 5.41) is 7.99. The van der Waals surface area contributed by atoms with E-state index in [4.69, 9.17) is 9.47 Å². The highest BCUT2D eigenvalue weighted by atomic mass is 16.5. The number of hydrogen-bond donors (Lipinski definition) is 3. The standard InChI is InChI=1S/C21H20N4O4/c1-22-20(26)19-13-18(11-12-23-19)29-17-9-5-15(6-10-17)25-21(27)24-14-3-7-16(28-2)8-4-14/h3-13H,1-2H3,(H,22,26)(H2,24,25,27). The third-order valence-corrected chi connectivity index (χ3v) is 3.89. The van der Waals surface area contributed by atoms with Crippen molar-refractivity contribution in [1.29, 1.82) is 0 Å². The molecule has 3 amide bonds. The van der Waals surface area contributed by atoms with Crippen molar-refractivity contribution < 1.29 is 19.1 Å². The van der Waals surface area contributed by atoms with E-state index in [-0.39, 0.29) is 17.6 Å². The Labute approximate surface area is 167 Å². The summed E-state index contributed by atoms with van der Waals surface area (Å²) in [4.78, 5) is 27.7. The summed E-state index contributed by atoms with van der Waals surface area (Å²) in [6.07, 6.45) is 1.50. The van der Waals surface area contributed by atoms with Crippen LogP contribution in [-0.2, 0) is 0 Å². The number of urea groups is 1. The van der Waals surface area contributed by atoms with E-state index in [2.05, 4.69) is 20.9 Å². The van der Waals surface area contributed by atoms with Crippen LogP contribution >= 0.6 is 0 Å². The predicted octanol–water partition coefficient (Wildman–Crippen LogP) is 3.89. The van der Waals surface area contributed by atoms with Crippen molar-refractivity contribution in [2.45, 2.75) is 0 Å². The first-order valence-electron chi connectivity index (χ1n) is 8.75. The van der Waals surface area contributed by atoms with Gasteiger partial charge >= 0.3 is 6.03 Å². The molecule has 3 rings (SSSR count). The summed E-state index contributed by atoms with van der Waals surface area (Å²) < 4.78 is 10.8. The summed E-state index contributed by atoms with van der Waals surface area (Å²) in [6.45, 7) is 0. The monoisotopic (exact) mass is 392 g/mol. The summed E-state index contributed by atoms with van der Waals surface area (Å²) in [5.74, 6) is 1.46. The molecule has 8 heteroatoms. The molecule has 0 saturated heterocycles. The van der Waals surface area contributed by atoms with Gasteiger partial charge in [-0.2, -0.15) is 0 Å². The molecule has 1 aromatic heterocycles. The molecule has 8 nitrogen and oxygen atoms in total. The van der Waals surface area contributed by atoms with Gasteiger partial charge in [0.25, 0.3) is 5.91 Å². The van der Waals surface area contributed by atoms with Crippen LogP contribution in [0.5, 0.6) is 17.2 Å². The number of nitrogens with one attached hydrogen (secondary N) is 3. The van der Waals surface area contributed by atoms with E-state index < -0.39 is 0 Å². The van der Waals surface area contributed by atoms with E-state index in [0.29, 0.717) is 28.6 Å². The number of rotatable bonds is 6. The molecule has 0 bridgehead atoms. The second-order valence-electron chi connectivity index (χ2n) is 5.89. The lowest BCUT2D eigenvalue weighted by molar-refractivity contribution is 0.0958. The Morgan fingerprint density at radius 1 is 0.828 bits per heavy atom. The van der Waals surface area contributed by atoms with Gasteiger partial charge in [0.05, 0.1) is 7.11 Å². The number of nitrogens with zero attached hydrogens (tertiary/aromatic N) is 1. The van der Waals surface area contributed by atoms with Gasteiger partial charge in [-0.3, -0.25) is 9.78 Å². The molecular formula is C21H20N4O4. The van der Waals surface area contributed by atoms with Gasteiger partial charge in [0.2, 0.25) is 0 Å². The van der Waals surface area contributed by atoms with Crippen molar-refractivity contribution in [3.8, 4) is 17.2 Å². The van der Waals surface area contributed by atoms with Crippen LogP contribution in [0.2, 0.25) is 0 Å². The Hall–Kier alpha value is -4.07.